The van der Waals surface area contributed by atoms with Crippen molar-refractivity contribution in [3.8, 4) is 162 Å². The Morgan fingerprint density at radius 1 is 0.154 bits per heavy atom. The van der Waals surface area contributed by atoms with Crippen molar-refractivity contribution in [3.05, 3.63) is 535 Å². The molecule has 20 aromatic carbocycles. The number of fused-ring (bicyclic) bond motifs is 9. The third-order valence-electron chi connectivity index (χ3n) is 27.7. The highest BCUT2D eigenvalue weighted by atomic mass is 15.1. The first-order valence-corrected chi connectivity index (χ1v) is 48.4. The number of hydrogen-bond donors (Lipinski definition) is 0. The molecule has 0 radical (unpaired) electrons. The highest BCUT2D eigenvalue weighted by Gasteiger charge is 2.25. The molecule has 0 aliphatic carbocycles. The number of hydrogen-bond acceptors (Lipinski definition) is 7. The second kappa shape index (κ2) is 37.7. The van der Waals surface area contributed by atoms with Crippen LogP contribution in [-0.2, 0) is 0 Å². The summed E-state index contributed by atoms with van der Waals surface area (Å²) in [5.41, 5.74) is 34.0. The van der Waals surface area contributed by atoms with Gasteiger partial charge in [0.15, 0.2) is 0 Å². The number of benzene rings is 20. The molecular formula is C135H88N8. The molecule has 143 heavy (non-hydrogen) atoms. The van der Waals surface area contributed by atoms with Crippen molar-refractivity contribution in [2.75, 3.05) is 0 Å². The summed E-state index contributed by atoms with van der Waals surface area (Å²) in [6, 6.07) is 172. The van der Waals surface area contributed by atoms with Crippen molar-refractivity contribution >= 4 is 97.2 Å². The third kappa shape index (κ3) is 16.5. The summed E-state index contributed by atoms with van der Waals surface area (Å²) >= 11 is 0. The van der Waals surface area contributed by atoms with E-state index in [1.807, 2.05) is 73.7 Å². The van der Waals surface area contributed by atoms with Crippen molar-refractivity contribution in [2.45, 2.75) is 0 Å². The van der Waals surface area contributed by atoms with Crippen LogP contribution in [0.15, 0.2) is 535 Å². The molecule has 0 saturated heterocycles. The van der Waals surface area contributed by atoms with E-state index in [0.29, 0.717) is 0 Å². The average molecular weight is 1820 g/mol. The summed E-state index contributed by atoms with van der Waals surface area (Å²) in [6.45, 7) is 0. The van der Waals surface area contributed by atoms with Gasteiger partial charge in [-0.15, -0.1) is 0 Å². The average Bonchev–Trinajstić information content (AvgIpc) is 1.12. The molecule has 0 amide bonds. The van der Waals surface area contributed by atoms with Gasteiger partial charge in [-0.05, 0) is 325 Å². The first-order valence-electron chi connectivity index (χ1n) is 48.4. The van der Waals surface area contributed by atoms with E-state index in [1.54, 1.807) is 12.4 Å². The summed E-state index contributed by atoms with van der Waals surface area (Å²) in [5.74, 6) is 0.933. The van der Waals surface area contributed by atoms with Crippen LogP contribution >= 0.6 is 0 Å². The van der Waals surface area contributed by atoms with E-state index in [-0.39, 0.29) is 0 Å². The van der Waals surface area contributed by atoms with Gasteiger partial charge in [0.1, 0.15) is 5.82 Å². The smallest absolute Gasteiger partial charge is 0.145 e. The van der Waals surface area contributed by atoms with E-state index < -0.39 is 0 Å². The molecule has 7 aromatic heterocycles. The van der Waals surface area contributed by atoms with Gasteiger partial charge in [0.05, 0.1) is 28.1 Å². The Balaban J connectivity index is 0.000000114. The van der Waals surface area contributed by atoms with Gasteiger partial charge in [0.2, 0.25) is 0 Å². The van der Waals surface area contributed by atoms with Gasteiger partial charge in [-0.25, -0.2) is 4.98 Å². The molecule has 0 bridgehead atoms. The lowest BCUT2D eigenvalue weighted by Gasteiger charge is -2.19. The van der Waals surface area contributed by atoms with Crippen LogP contribution in [0.1, 0.15) is 0 Å². The Hall–Kier alpha value is -19.2. The van der Waals surface area contributed by atoms with E-state index in [4.69, 9.17) is 15.0 Å². The van der Waals surface area contributed by atoms with Crippen LogP contribution in [0.2, 0.25) is 0 Å². The minimum Gasteiger partial charge on any atom is -0.292 e. The third-order valence-corrected chi connectivity index (χ3v) is 27.7. The van der Waals surface area contributed by atoms with Gasteiger partial charge < -0.3 is 0 Å². The van der Waals surface area contributed by atoms with Crippen LogP contribution < -0.4 is 0 Å². The standard InChI is InChI=1S/C53H34N2.C42H28N2.C40H26N4/c1-2-16-44(17-3-1)55-50-21-11-10-20-49(50)54-53(55)38-26-22-37(23-27-38)41-30-31-47-48(34-41)52(43-29-25-36-13-5-7-15-40(36)33-43)46-19-9-8-18-45(46)51(47)42-28-24-35-12-4-6-14-39(35)32-42;1-2-8-29(9-3-1)34-16-17-39-40(28-34)42(36-13-7-11-33(27-36)31-20-24-44-25-21-31)38-15-5-4-14-37(38)41(39)35-12-6-10-32(26-35)30-18-22-43-23-19-30;1-2-9-27(10-3-1)28-15-18-34-35(23-28)40(31-16-19-36(43-25-31)29-11-8-21-41-24-29)33-13-5-4-12-32(33)39(34)30-17-20-38(44-26-30)37-14-6-7-22-42-37/h1-34H;1-28H;1-26H. The number of aromatic nitrogens is 8. The molecule has 0 unspecified atom stereocenters. The number of rotatable bonds is 15. The summed E-state index contributed by atoms with van der Waals surface area (Å²) < 4.78 is 2.26. The highest BCUT2D eigenvalue weighted by molar-refractivity contribution is 6.26. The fourth-order valence-corrected chi connectivity index (χ4v) is 21.0. The van der Waals surface area contributed by atoms with Crippen molar-refractivity contribution < 1.29 is 0 Å². The minimum atomic E-state index is 0.853. The maximum absolute atomic E-state index is 5.12. The Morgan fingerprint density at radius 2 is 0.490 bits per heavy atom. The molecule has 7 heterocycles. The molecular weight excluding hydrogens is 1730 g/mol. The SMILES string of the molecule is c1ccc(-c2ccc3c(-c4ccc(-c5ccccn5)nc4)c4ccccc4c(-c4ccc(-c5cccnc5)nc4)c3c2)cc1.c1ccc(-c2ccc3c(-c4cccc(-c5ccncc5)c4)c4ccccc4c(-c4cccc(-c5ccncc5)c4)c3c2)cc1.c1ccc(-n2c(-c3ccc(-c4ccc5c(-c6ccc7ccccc7c6)c6ccccc6c(-c6ccc7ccccc7c6)c5c4)cc3)nc3ccccc32)cc1. The molecule has 0 aliphatic heterocycles. The van der Waals surface area contributed by atoms with E-state index in [0.717, 1.165) is 78.6 Å². The van der Waals surface area contributed by atoms with E-state index in [2.05, 4.69) is 473 Å². The second-order valence-corrected chi connectivity index (χ2v) is 36.2. The summed E-state index contributed by atoms with van der Waals surface area (Å²) in [5, 5.41) is 19.6. The summed E-state index contributed by atoms with van der Waals surface area (Å²) in [7, 11) is 0. The Kier molecular flexibility index (Phi) is 22.6. The first kappa shape index (κ1) is 85.5. The molecule has 0 aliphatic rings. The molecule has 0 N–H and O–H groups in total. The topological polar surface area (TPSA) is 95.2 Å². The maximum atomic E-state index is 5.12. The van der Waals surface area contributed by atoms with Crippen LogP contribution in [0.5, 0.6) is 0 Å². The molecule has 8 heteroatoms. The van der Waals surface area contributed by atoms with Gasteiger partial charge in [-0.1, -0.05) is 352 Å². The monoisotopic (exact) mass is 1820 g/mol. The van der Waals surface area contributed by atoms with Crippen molar-refractivity contribution in [2.24, 2.45) is 0 Å². The van der Waals surface area contributed by atoms with Gasteiger partial charge in [-0.3, -0.25) is 34.5 Å². The van der Waals surface area contributed by atoms with Gasteiger partial charge in [0.25, 0.3) is 0 Å². The predicted molar refractivity (Wildman–Crippen MR) is 597 cm³/mol. The molecule has 0 spiro atoms. The molecule has 668 valence electrons. The number of para-hydroxylation sites is 3. The normalized spacial score (nSPS) is 11.4. The lowest BCUT2D eigenvalue weighted by atomic mass is 9.84. The number of nitrogens with zero attached hydrogens (tertiary/aromatic N) is 8. The Morgan fingerprint density at radius 3 is 0.951 bits per heavy atom. The van der Waals surface area contributed by atoms with Crippen LogP contribution in [0.4, 0.5) is 0 Å². The number of imidazole rings is 1. The zero-order chi connectivity index (χ0) is 94.9. The van der Waals surface area contributed by atoms with Gasteiger partial charge >= 0.3 is 0 Å². The Labute approximate surface area is 828 Å². The van der Waals surface area contributed by atoms with Gasteiger partial charge in [0, 0.05) is 83.7 Å². The van der Waals surface area contributed by atoms with Crippen LogP contribution in [0.25, 0.3) is 259 Å². The molecule has 27 rings (SSSR count). The molecule has 0 fully saturated rings. The zero-order valence-electron chi connectivity index (χ0n) is 77.9. The quantitative estimate of drug-likeness (QED) is 0.0944. The fraction of sp³-hybridized carbons (Fsp3) is 0. The summed E-state index contributed by atoms with van der Waals surface area (Å²) in [4.78, 5) is 32.1. The molecule has 0 saturated carbocycles. The van der Waals surface area contributed by atoms with Crippen molar-refractivity contribution in [3.63, 3.8) is 0 Å². The lowest BCUT2D eigenvalue weighted by Crippen LogP contribution is -1.97. The van der Waals surface area contributed by atoms with Crippen molar-refractivity contribution in [1.29, 1.82) is 0 Å². The van der Waals surface area contributed by atoms with E-state index >= 15 is 0 Å². The van der Waals surface area contributed by atoms with Crippen LogP contribution in [0, 0.1) is 0 Å². The zero-order valence-corrected chi connectivity index (χ0v) is 77.9. The lowest BCUT2D eigenvalue weighted by molar-refractivity contribution is 1.10. The molecule has 8 nitrogen and oxygen atoms in total. The van der Waals surface area contributed by atoms with Crippen LogP contribution in [0.3, 0.4) is 0 Å². The maximum Gasteiger partial charge on any atom is 0.145 e. The first-order chi connectivity index (χ1) is 70.9. The summed E-state index contributed by atoms with van der Waals surface area (Å²) in [6.07, 6.45) is 16.8. The second-order valence-electron chi connectivity index (χ2n) is 36.2. The van der Waals surface area contributed by atoms with Crippen molar-refractivity contribution in [1.82, 2.24) is 39.5 Å². The van der Waals surface area contributed by atoms with E-state index in [9.17, 15) is 0 Å². The number of pyridine rings is 6. The minimum absolute atomic E-state index is 0.853. The Bertz CT molecular complexity index is 9460. The predicted octanol–water partition coefficient (Wildman–Crippen LogP) is 35.3. The van der Waals surface area contributed by atoms with Crippen LogP contribution in [-0.4, -0.2) is 39.5 Å². The highest BCUT2D eigenvalue weighted by Crippen LogP contribution is 2.51. The fourth-order valence-electron chi connectivity index (χ4n) is 21.0. The molecule has 27 aromatic rings. The van der Waals surface area contributed by atoms with E-state index in [1.165, 1.54) is 181 Å². The molecule has 0 atom stereocenters. The van der Waals surface area contributed by atoms with Gasteiger partial charge in [-0.2, -0.15) is 0 Å². The largest absolute Gasteiger partial charge is 0.292 e.